The Morgan fingerprint density at radius 1 is 1.17 bits per heavy atom. The van der Waals surface area contributed by atoms with Gasteiger partial charge in [-0.3, -0.25) is 0 Å². The second-order valence-electron chi connectivity index (χ2n) is 3.95. The molecule has 90 valence electrons. The number of hydrogen-bond donors (Lipinski definition) is 0. The molecule has 0 aliphatic carbocycles. The van der Waals surface area contributed by atoms with Crippen LogP contribution in [0.1, 0.15) is 5.56 Å². The summed E-state index contributed by atoms with van der Waals surface area (Å²) in [6.07, 6.45) is 5.06. The van der Waals surface area contributed by atoms with Gasteiger partial charge in [0.25, 0.3) is 0 Å². The van der Waals surface area contributed by atoms with Crippen LogP contribution in [0, 0.1) is 0 Å². The van der Waals surface area contributed by atoms with Crippen molar-refractivity contribution < 1.29 is 4.74 Å². The fourth-order valence-electron chi connectivity index (χ4n) is 1.86. The molecule has 5 heteroatoms. The molecule has 0 radical (unpaired) electrons. The number of rotatable bonds is 3. The van der Waals surface area contributed by atoms with E-state index in [2.05, 4.69) is 15.0 Å². The summed E-state index contributed by atoms with van der Waals surface area (Å²) in [6.45, 7) is 0.744. The van der Waals surface area contributed by atoms with Gasteiger partial charge in [0.2, 0.25) is 0 Å². The topological polar surface area (TPSA) is 52.8 Å². The molecule has 3 rings (SSSR count). The Morgan fingerprint density at radius 3 is 2.78 bits per heavy atom. The monoisotopic (exact) mass is 240 g/mol. The van der Waals surface area contributed by atoms with Crippen molar-refractivity contribution in [3.8, 4) is 5.75 Å². The van der Waals surface area contributed by atoms with Gasteiger partial charge in [-0.05, 0) is 17.7 Å². The third-order valence-corrected chi connectivity index (χ3v) is 2.81. The van der Waals surface area contributed by atoms with E-state index in [0.717, 1.165) is 23.5 Å². The molecule has 0 aliphatic rings. The zero-order chi connectivity index (χ0) is 12.4. The van der Waals surface area contributed by atoms with Gasteiger partial charge in [0.05, 0.1) is 19.6 Å². The lowest BCUT2D eigenvalue weighted by Crippen LogP contribution is -1.98. The molecule has 18 heavy (non-hydrogen) atoms. The summed E-state index contributed by atoms with van der Waals surface area (Å²) < 4.78 is 7.16. The van der Waals surface area contributed by atoms with E-state index in [1.807, 2.05) is 28.8 Å². The average molecular weight is 240 g/mol. The summed E-state index contributed by atoms with van der Waals surface area (Å²) >= 11 is 0. The van der Waals surface area contributed by atoms with E-state index >= 15 is 0 Å². The average Bonchev–Trinajstić information content (AvgIpc) is 2.83. The van der Waals surface area contributed by atoms with E-state index < -0.39 is 0 Å². The van der Waals surface area contributed by atoms with Crippen LogP contribution >= 0.6 is 0 Å². The van der Waals surface area contributed by atoms with E-state index in [4.69, 9.17) is 4.74 Å². The van der Waals surface area contributed by atoms with Crippen molar-refractivity contribution in [2.24, 2.45) is 0 Å². The van der Waals surface area contributed by atoms with Crippen LogP contribution in [0.15, 0.2) is 43.1 Å². The number of nitrogens with zero attached hydrogens (tertiary/aromatic N) is 4. The van der Waals surface area contributed by atoms with Crippen LogP contribution in [-0.2, 0) is 6.54 Å². The Bertz CT molecular complexity index is 660. The van der Waals surface area contributed by atoms with E-state index in [1.54, 1.807) is 19.6 Å². The maximum absolute atomic E-state index is 5.14. The molecule has 0 saturated carbocycles. The van der Waals surface area contributed by atoms with Crippen molar-refractivity contribution >= 4 is 11.2 Å². The highest BCUT2D eigenvalue weighted by Crippen LogP contribution is 2.14. The quantitative estimate of drug-likeness (QED) is 0.701. The molecule has 0 amide bonds. The van der Waals surface area contributed by atoms with Crippen LogP contribution in [-0.4, -0.2) is 26.6 Å². The molecule has 5 nitrogen and oxygen atoms in total. The Hall–Kier alpha value is -2.43. The minimum absolute atomic E-state index is 0.721. The third kappa shape index (κ3) is 1.90. The summed E-state index contributed by atoms with van der Waals surface area (Å²) in [5.74, 6) is 0.859. The van der Waals surface area contributed by atoms with Gasteiger partial charge in [0.15, 0.2) is 5.65 Å². The van der Waals surface area contributed by atoms with E-state index in [0.29, 0.717) is 0 Å². The van der Waals surface area contributed by atoms with Crippen molar-refractivity contribution in [3.05, 3.63) is 48.7 Å². The highest BCUT2D eigenvalue weighted by molar-refractivity contribution is 5.69. The molecule has 0 N–H and O–H groups in total. The first-order valence-electron chi connectivity index (χ1n) is 5.60. The molecule has 2 heterocycles. The van der Waals surface area contributed by atoms with Crippen LogP contribution in [0.3, 0.4) is 0 Å². The Labute approximate surface area is 104 Å². The van der Waals surface area contributed by atoms with Gasteiger partial charge in [-0.2, -0.15) is 0 Å². The van der Waals surface area contributed by atoms with E-state index in [-0.39, 0.29) is 0 Å². The zero-order valence-electron chi connectivity index (χ0n) is 9.95. The number of methoxy groups -OCH3 is 1. The highest BCUT2D eigenvalue weighted by Gasteiger charge is 2.03. The minimum atomic E-state index is 0.721. The van der Waals surface area contributed by atoms with Crippen LogP contribution in [0.2, 0.25) is 0 Å². The van der Waals surface area contributed by atoms with E-state index in [9.17, 15) is 0 Å². The van der Waals surface area contributed by atoms with Crippen LogP contribution in [0.5, 0.6) is 5.75 Å². The smallest absolute Gasteiger partial charge is 0.180 e. The molecule has 0 saturated heterocycles. The van der Waals surface area contributed by atoms with Gasteiger partial charge < -0.3 is 9.30 Å². The fraction of sp³-hybridized carbons (Fsp3) is 0.154. The molecular weight excluding hydrogens is 228 g/mol. The van der Waals surface area contributed by atoms with Gasteiger partial charge in [-0.25, -0.2) is 15.0 Å². The zero-order valence-corrected chi connectivity index (χ0v) is 9.95. The Morgan fingerprint density at radius 2 is 2.00 bits per heavy atom. The molecule has 0 spiro atoms. The van der Waals surface area contributed by atoms with Gasteiger partial charge in [0, 0.05) is 6.54 Å². The second-order valence-corrected chi connectivity index (χ2v) is 3.95. The van der Waals surface area contributed by atoms with Crippen molar-refractivity contribution in [2.45, 2.75) is 6.54 Å². The van der Waals surface area contributed by atoms with E-state index in [1.165, 1.54) is 11.9 Å². The van der Waals surface area contributed by atoms with Crippen LogP contribution < -0.4 is 4.74 Å². The molecule has 0 aliphatic heterocycles. The molecule has 2 aromatic heterocycles. The first-order valence-corrected chi connectivity index (χ1v) is 5.60. The predicted octanol–water partition coefficient (Wildman–Crippen LogP) is 1.88. The molecule has 0 fully saturated rings. The molecule has 0 unspecified atom stereocenters. The van der Waals surface area contributed by atoms with Gasteiger partial charge in [-0.1, -0.05) is 12.1 Å². The standard InChI is InChI=1S/C13H12N4O/c1-18-11-4-2-10(3-5-11)7-17-9-16-13-12(17)6-14-8-15-13/h2-6,8-9H,7H2,1H3. The summed E-state index contributed by atoms with van der Waals surface area (Å²) in [5, 5.41) is 0. The number of fused-ring (bicyclic) bond motifs is 1. The maximum atomic E-state index is 5.14. The molecule has 0 atom stereocenters. The normalized spacial score (nSPS) is 10.7. The van der Waals surface area contributed by atoms with Gasteiger partial charge >= 0.3 is 0 Å². The number of hydrogen-bond acceptors (Lipinski definition) is 4. The molecule has 3 aromatic rings. The third-order valence-electron chi connectivity index (χ3n) is 2.81. The van der Waals surface area contributed by atoms with Crippen molar-refractivity contribution in [1.82, 2.24) is 19.5 Å². The van der Waals surface area contributed by atoms with Crippen LogP contribution in [0.4, 0.5) is 0 Å². The van der Waals surface area contributed by atoms with Crippen molar-refractivity contribution in [2.75, 3.05) is 7.11 Å². The molecular formula is C13H12N4O. The maximum Gasteiger partial charge on any atom is 0.180 e. The lowest BCUT2D eigenvalue weighted by molar-refractivity contribution is 0.414. The second kappa shape index (κ2) is 4.44. The number of ether oxygens (including phenoxy) is 1. The number of benzene rings is 1. The SMILES string of the molecule is COc1ccc(Cn2cnc3ncncc32)cc1. The summed E-state index contributed by atoms with van der Waals surface area (Å²) in [7, 11) is 1.66. The minimum Gasteiger partial charge on any atom is -0.497 e. The summed E-state index contributed by atoms with van der Waals surface area (Å²) in [5.41, 5.74) is 2.84. The van der Waals surface area contributed by atoms with Crippen molar-refractivity contribution in [3.63, 3.8) is 0 Å². The molecule has 0 bridgehead atoms. The number of imidazole rings is 1. The van der Waals surface area contributed by atoms with Crippen molar-refractivity contribution in [1.29, 1.82) is 0 Å². The lowest BCUT2D eigenvalue weighted by Gasteiger charge is -2.05. The highest BCUT2D eigenvalue weighted by atomic mass is 16.5. The first-order chi connectivity index (χ1) is 8.86. The largest absolute Gasteiger partial charge is 0.497 e. The number of aromatic nitrogens is 4. The van der Waals surface area contributed by atoms with Gasteiger partial charge in [0.1, 0.15) is 17.6 Å². The Balaban J connectivity index is 1.91. The first kappa shape index (κ1) is 10.7. The summed E-state index contributed by atoms with van der Waals surface area (Å²) in [6, 6.07) is 7.97. The lowest BCUT2D eigenvalue weighted by atomic mass is 10.2. The Kier molecular flexibility index (Phi) is 2.64. The predicted molar refractivity (Wildman–Crippen MR) is 67.4 cm³/mol. The molecule has 1 aromatic carbocycles. The fourth-order valence-corrected chi connectivity index (χ4v) is 1.86. The van der Waals surface area contributed by atoms with Gasteiger partial charge in [-0.15, -0.1) is 0 Å². The van der Waals surface area contributed by atoms with Crippen LogP contribution in [0.25, 0.3) is 11.2 Å². The summed E-state index contributed by atoms with van der Waals surface area (Å²) in [4.78, 5) is 12.4.